The van der Waals surface area contributed by atoms with E-state index in [2.05, 4.69) is 10.1 Å². The van der Waals surface area contributed by atoms with Gasteiger partial charge in [0, 0.05) is 17.9 Å². The number of nitrogens with zero attached hydrogens (tertiary/aromatic N) is 3. The standard InChI is InChI=1S/C15H18N4O3/c1-8-3-5-11(22-2)10(7-8)9-4-6-12-17-15(16)18-19(12)13(9)14(20)21/h3,5,7,9,13H,4,6H2,1-2H3,(H2,16,18)(H,20,21). The Kier molecular flexibility index (Phi) is 3.48. The maximum Gasteiger partial charge on any atom is 0.329 e. The highest BCUT2D eigenvalue weighted by molar-refractivity contribution is 5.74. The average molecular weight is 302 g/mol. The van der Waals surface area contributed by atoms with Crippen LogP contribution in [-0.2, 0) is 11.2 Å². The molecule has 2 atom stereocenters. The Morgan fingerprint density at radius 3 is 2.95 bits per heavy atom. The molecule has 1 aliphatic heterocycles. The Morgan fingerprint density at radius 1 is 1.50 bits per heavy atom. The highest BCUT2D eigenvalue weighted by atomic mass is 16.5. The zero-order chi connectivity index (χ0) is 15.9. The van der Waals surface area contributed by atoms with Crippen LogP contribution < -0.4 is 10.5 Å². The van der Waals surface area contributed by atoms with Crippen molar-refractivity contribution in [1.82, 2.24) is 14.8 Å². The number of anilines is 1. The summed E-state index contributed by atoms with van der Waals surface area (Å²) in [6.07, 6.45) is 1.30. The zero-order valence-corrected chi connectivity index (χ0v) is 12.5. The molecule has 0 saturated heterocycles. The highest BCUT2D eigenvalue weighted by Crippen LogP contribution is 2.41. The fourth-order valence-corrected chi connectivity index (χ4v) is 3.13. The quantitative estimate of drug-likeness (QED) is 0.891. The van der Waals surface area contributed by atoms with Gasteiger partial charge in [0.25, 0.3) is 0 Å². The van der Waals surface area contributed by atoms with Crippen molar-refractivity contribution in [3.8, 4) is 5.75 Å². The lowest BCUT2D eigenvalue weighted by Crippen LogP contribution is -2.32. The van der Waals surface area contributed by atoms with Crippen LogP contribution in [0.4, 0.5) is 5.95 Å². The summed E-state index contributed by atoms with van der Waals surface area (Å²) in [5.74, 6) is 0.240. The summed E-state index contributed by atoms with van der Waals surface area (Å²) in [5, 5.41) is 13.8. The first-order valence-corrected chi connectivity index (χ1v) is 7.09. The fourth-order valence-electron chi connectivity index (χ4n) is 3.13. The number of carbonyl (C=O) groups is 1. The molecule has 1 aromatic carbocycles. The summed E-state index contributed by atoms with van der Waals surface area (Å²) in [7, 11) is 1.59. The maximum absolute atomic E-state index is 11.8. The molecule has 1 aliphatic rings. The summed E-state index contributed by atoms with van der Waals surface area (Å²) in [5.41, 5.74) is 7.57. The van der Waals surface area contributed by atoms with E-state index in [9.17, 15) is 9.90 Å². The van der Waals surface area contributed by atoms with Gasteiger partial charge in [0.15, 0.2) is 6.04 Å². The van der Waals surface area contributed by atoms with Crippen molar-refractivity contribution in [1.29, 1.82) is 0 Å². The fraction of sp³-hybridized carbons (Fsp3) is 0.400. The van der Waals surface area contributed by atoms with Gasteiger partial charge in [-0.25, -0.2) is 9.48 Å². The van der Waals surface area contributed by atoms with E-state index in [4.69, 9.17) is 10.5 Å². The Balaban J connectivity index is 2.11. The van der Waals surface area contributed by atoms with Crippen molar-refractivity contribution in [3.63, 3.8) is 0 Å². The average Bonchev–Trinajstić information content (AvgIpc) is 2.85. The Hall–Kier alpha value is -2.57. The van der Waals surface area contributed by atoms with Crippen molar-refractivity contribution in [2.24, 2.45) is 0 Å². The minimum atomic E-state index is -0.945. The van der Waals surface area contributed by atoms with E-state index in [1.165, 1.54) is 4.68 Å². The molecule has 0 spiro atoms. The lowest BCUT2D eigenvalue weighted by molar-refractivity contribution is -0.142. The molecule has 7 heteroatoms. The molecule has 0 fully saturated rings. The lowest BCUT2D eigenvalue weighted by atomic mass is 9.83. The number of rotatable bonds is 3. The van der Waals surface area contributed by atoms with Crippen LogP contribution in [0.5, 0.6) is 5.75 Å². The summed E-state index contributed by atoms with van der Waals surface area (Å²) in [4.78, 5) is 15.9. The molecule has 0 saturated carbocycles. The number of methoxy groups -OCH3 is 1. The highest BCUT2D eigenvalue weighted by Gasteiger charge is 2.39. The first-order chi connectivity index (χ1) is 10.5. The van der Waals surface area contributed by atoms with Crippen LogP contribution in [0.25, 0.3) is 0 Å². The van der Waals surface area contributed by atoms with E-state index >= 15 is 0 Å². The number of ether oxygens (including phenoxy) is 1. The number of aliphatic carboxylic acids is 1. The van der Waals surface area contributed by atoms with Crippen molar-refractivity contribution in [3.05, 3.63) is 35.2 Å². The van der Waals surface area contributed by atoms with Crippen molar-refractivity contribution in [2.75, 3.05) is 12.8 Å². The number of aromatic nitrogens is 3. The molecular weight excluding hydrogens is 284 g/mol. The number of hydrogen-bond acceptors (Lipinski definition) is 5. The minimum Gasteiger partial charge on any atom is -0.496 e. The van der Waals surface area contributed by atoms with Gasteiger partial charge >= 0.3 is 5.97 Å². The predicted octanol–water partition coefficient (Wildman–Crippen LogP) is 1.53. The zero-order valence-electron chi connectivity index (χ0n) is 12.5. The van der Waals surface area contributed by atoms with E-state index < -0.39 is 12.0 Å². The van der Waals surface area contributed by atoms with E-state index in [1.807, 2.05) is 25.1 Å². The second-order valence-electron chi connectivity index (χ2n) is 5.50. The van der Waals surface area contributed by atoms with Gasteiger partial charge in [-0.15, -0.1) is 5.10 Å². The summed E-state index contributed by atoms with van der Waals surface area (Å²) in [6.45, 7) is 1.97. The monoisotopic (exact) mass is 302 g/mol. The van der Waals surface area contributed by atoms with E-state index in [0.29, 0.717) is 24.4 Å². The van der Waals surface area contributed by atoms with Crippen LogP contribution in [0.2, 0.25) is 0 Å². The topological polar surface area (TPSA) is 103 Å². The van der Waals surface area contributed by atoms with Crippen LogP contribution in [0.3, 0.4) is 0 Å². The summed E-state index contributed by atoms with van der Waals surface area (Å²) >= 11 is 0. The normalized spacial score (nSPS) is 20.5. The molecule has 0 amide bonds. The molecular formula is C15H18N4O3. The smallest absolute Gasteiger partial charge is 0.329 e. The molecule has 0 bridgehead atoms. The maximum atomic E-state index is 11.8. The first-order valence-electron chi connectivity index (χ1n) is 7.09. The first kappa shape index (κ1) is 14.4. The van der Waals surface area contributed by atoms with Gasteiger partial charge in [-0.1, -0.05) is 17.7 Å². The molecule has 2 aromatic rings. The third-order valence-electron chi connectivity index (χ3n) is 4.08. The van der Waals surface area contributed by atoms with Crippen molar-refractivity contribution >= 4 is 11.9 Å². The van der Waals surface area contributed by atoms with Gasteiger partial charge in [-0.2, -0.15) is 4.98 Å². The number of fused-ring (bicyclic) bond motifs is 1. The predicted molar refractivity (Wildman–Crippen MR) is 79.9 cm³/mol. The van der Waals surface area contributed by atoms with Gasteiger partial charge in [0.1, 0.15) is 11.6 Å². The molecule has 2 unspecified atom stereocenters. The van der Waals surface area contributed by atoms with Gasteiger partial charge < -0.3 is 15.6 Å². The van der Waals surface area contributed by atoms with Crippen LogP contribution in [0.1, 0.15) is 35.3 Å². The van der Waals surface area contributed by atoms with E-state index in [1.54, 1.807) is 7.11 Å². The molecule has 0 radical (unpaired) electrons. The van der Waals surface area contributed by atoms with Crippen LogP contribution in [0.15, 0.2) is 18.2 Å². The van der Waals surface area contributed by atoms with Gasteiger partial charge in [0.2, 0.25) is 5.95 Å². The van der Waals surface area contributed by atoms with E-state index in [-0.39, 0.29) is 11.9 Å². The van der Waals surface area contributed by atoms with Crippen molar-refractivity contribution in [2.45, 2.75) is 31.7 Å². The minimum absolute atomic E-state index is 0.109. The molecule has 0 aliphatic carbocycles. The molecule has 3 N–H and O–H groups in total. The van der Waals surface area contributed by atoms with Crippen molar-refractivity contribution < 1.29 is 14.6 Å². The van der Waals surface area contributed by atoms with E-state index in [0.717, 1.165) is 11.1 Å². The molecule has 2 heterocycles. The van der Waals surface area contributed by atoms with Crippen LogP contribution >= 0.6 is 0 Å². The van der Waals surface area contributed by atoms with Gasteiger partial charge in [-0.3, -0.25) is 0 Å². The Bertz CT molecular complexity index is 726. The van der Waals surface area contributed by atoms with Crippen LogP contribution in [0, 0.1) is 6.92 Å². The molecule has 1 aromatic heterocycles. The second kappa shape index (κ2) is 5.32. The molecule has 116 valence electrons. The third-order valence-corrected chi connectivity index (χ3v) is 4.08. The number of carboxylic acids is 1. The summed E-state index contributed by atoms with van der Waals surface area (Å²) in [6, 6.07) is 4.96. The third kappa shape index (κ3) is 2.28. The number of benzene rings is 1. The van der Waals surface area contributed by atoms with Gasteiger partial charge in [0.05, 0.1) is 7.11 Å². The molecule has 7 nitrogen and oxygen atoms in total. The lowest BCUT2D eigenvalue weighted by Gasteiger charge is -2.30. The summed E-state index contributed by atoms with van der Waals surface area (Å²) < 4.78 is 6.85. The number of aryl methyl sites for hydroxylation is 2. The molecule has 22 heavy (non-hydrogen) atoms. The van der Waals surface area contributed by atoms with Gasteiger partial charge in [-0.05, 0) is 19.4 Å². The Morgan fingerprint density at radius 2 is 2.27 bits per heavy atom. The largest absolute Gasteiger partial charge is 0.496 e. The number of carboxylic acid groups (broad SMARTS) is 1. The Labute approximate surface area is 127 Å². The SMILES string of the molecule is COc1ccc(C)cc1C1CCc2nc(N)nn2C1C(=O)O. The number of hydrogen-bond donors (Lipinski definition) is 2. The second-order valence-corrected chi connectivity index (χ2v) is 5.50. The number of nitrogens with two attached hydrogens (primary N) is 1. The molecule has 3 rings (SSSR count). The number of nitrogen functional groups attached to an aromatic ring is 1. The van der Waals surface area contributed by atoms with Crippen LogP contribution in [-0.4, -0.2) is 33.0 Å².